The Bertz CT molecular complexity index is 462. The van der Waals surface area contributed by atoms with E-state index in [4.69, 9.17) is 5.11 Å². The molecule has 0 heterocycles. The third kappa shape index (κ3) is 3.52. The lowest BCUT2D eigenvalue weighted by Gasteiger charge is -2.18. The van der Waals surface area contributed by atoms with Crippen LogP contribution in [0.25, 0.3) is 0 Å². The molecule has 3 nitrogen and oxygen atoms in total. The standard InChI is InChI=1S/C10H7F6NO2/c1-17(8(18)19)7-3-5(9(11,12)13)2-6(4-7)10(14,15)16/h2-4H,1H3,(H,18,19). The monoisotopic (exact) mass is 287 g/mol. The second kappa shape index (κ2) is 4.63. The molecular weight excluding hydrogens is 280 g/mol. The van der Waals surface area contributed by atoms with E-state index in [1.54, 1.807) is 0 Å². The number of alkyl halides is 6. The lowest BCUT2D eigenvalue weighted by atomic mass is 10.1. The van der Waals surface area contributed by atoms with Crippen LogP contribution in [0.3, 0.4) is 0 Å². The van der Waals surface area contributed by atoms with Crippen molar-refractivity contribution in [3.05, 3.63) is 29.3 Å². The van der Waals surface area contributed by atoms with Gasteiger partial charge in [-0.25, -0.2) is 4.79 Å². The second-order valence-electron chi connectivity index (χ2n) is 3.61. The molecular formula is C10H7F6NO2. The van der Waals surface area contributed by atoms with E-state index in [0.717, 1.165) is 7.05 Å². The highest BCUT2D eigenvalue weighted by Gasteiger charge is 2.37. The minimum atomic E-state index is -5.00. The van der Waals surface area contributed by atoms with E-state index in [1.807, 2.05) is 0 Å². The van der Waals surface area contributed by atoms with Gasteiger partial charge in [-0.2, -0.15) is 26.3 Å². The Hall–Kier alpha value is -1.93. The Morgan fingerprint density at radius 3 is 1.63 bits per heavy atom. The van der Waals surface area contributed by atoms with Gasteiger partial charge in [-0.1, -0.05) is 0 Å². The van der Waals surface area contributed by atoms with Gasteiger partial charge in [0, 0.05) is 12.7 Å². The van der Waals surface area contributed by atoms with E-state index in [-0.39, 0.29) is 11.0 Å². The molecule has 0 aliphatic carbocycles. The van der Waals surface area contributed by atoms with E-state index in [0.29, 0.717) is 12.1 Å². The first-order valence-corrected chi connectivity index (χ1v) is 4.69. The van der Waals surface area contributed by atoms with Crippen LogP contribution < -0.4 is 4.90 Å². The molecule has 1 amide bonds. The number of carboxylic acid groups (broad SMARTS) is 1. The lowest BCUT2D eigenvalue weighted by molar-refractivity contribution is -0.143. The van der Waals surface area contributed by atoms with Gasteiger partial charge in [0.25, 0.3) is 0 Å². The number of hydrogen-bond donors (Lipinski definition) is 1. The molecule has 0 unspecified atom stereocenters. The highest BCUT2D eigenvalue weighted by molar-refractivity contribution is 5.85. The summed E-state index contributed by atoms with van der Waals surface area (Å²) in [4.78, 5) is 10.9. The lowest BCUT2D eigenvalue weighted by Crippen LogP contribution is -2.25. The van der Waals surface area contributed by atoms with Crippen LogP contribution in [0, 0.1) is 0 Å². The predicted octanol–water partition coefficient (Wildman–Crippen LogP) is 3.84. The van der Waals surface area contributed by atoms with Crippen molar-refractivity contribution in [1.29, 1.82) is 0 Å². The fourth-order valence-electron chi connectivity index (χ4n) is 1.24. The molecule has 0 saturated heterocycles. The minimum absolute atomic E-state index is 0.0702. The summed E-state index contributed by atoms with van der Waals surface area (Å²) in [6, 6.07) is 0.603. The largest absolute Gasteiger partial charge is 0.465 e. The summed E-state index contributed by atoms with van der Waals surface area (Å²) < 4.78 is 74.8. The van der Waals surface area contributed by atoms with Crippen LogP contribution in [0.2, 0.25) is 0 Å². The van der Waals surface area contributed by atoms with Crippen LogP contribution in [0.15, 0.2) is 18.2 Å². The van der Waals surface area contributed by atoms with Gasteiger partial charge in [0.1, 0.15) is 0 Å². The van der Waals surface area contributed by atoms with Crippen molar-refractivity contribution in [2.75, 3.05) is 11.9 Å². The minimum Gasteiger partial charge on any atom is -0.465 e. The maximum Gasteiger partial charge on any atom is 0.416 e. The Balaban J connectivity index is 3.45. The summed E-state index contributed by atoms with van der Waals surface area (Å²) in [7, 11) is 0.845. The first kappa shape index (κ1) is 15.1. The molecule has 9 heteroatoms. The summed E-state index contributed by atoms with van der Waals surface area (Å²) in [5, 5.41) is 8.59. The van der Waals surface area contributed by atoms with Gasteiger partial charge < -0.3 is 5.11 Å². The first-order valence-electron chi connectivity index (χ1n) is 4.69. The quantitative estimate of drug-likeness (QED) is 0.797. The summed E-state index contributed by atoms with van der Waals surface area (Å²) >= 11 is 0. The smallest absolute Gasteiger partial charge is 0.416 e. The van der Waals surface area contributed by atoms with Crippen molar-refractivity contribution in [3.63, 3.8) is 0 Å². The molecule has 0 saturated carbocycles. The van der Waals surface area contributed by atoms with E-state index in [9.17, 15) is 31.1 Å². The van der Waals surface area contributed by atoms with Gasteiger partial charge in [-0.15, -0.1) is 0 Å². The maximum absolute atomic E-state index is 12.5. The van der Waals surface area contributed by atoms with Crippen molar-refractivity contribution >= 4 is 11.8 Å². The maximum atomic E-state index is 12.5. The summed E-state index contributed by atoms with van der Waals surface area (Å²) in [6.45, 7) is 0. The molecule has 19 heavy (non-hydrogen) atoms. The van der Waals surface area contributed by atoms with Gasteiger partial charge in [0.2, 0.25) is 0 Å². The highest BCUT2D eigenvalue weighted by atomic mass is 19.4. The number of rotatable bonds is 1. The van der Waals surface area contributed by atoms with Gasteiger partial charge in [0.05, 0.1) is 11.1 Å². The molecule has 0 bridgehead atoms. The Labute approximate surface area is 103 Å². The Morgan fingerprint density at radius 1 is 1.00 bits per heavy atom. The van der Waals surface area contributed by atoms with Gasteiger partial charge in [0.15, 0.2) is 0 Å². The fourth-order valence-corrected chi connectivity index (χ4v) is 1.24. The highest BCUT2D eigenvalue weighted by Crippen LogP contribution is 2.38. The Kier molecular flexibility index (Phi) is 3.69. The van der Waals surface area contributed by atoms with E-state index >= 15 is 0 Å². The van der Waals surface area contributed by atoms with Crippen LogP contribution in [-0.4, -0.2) is 18.2 Å². The zero-order valence-electron chi connectivity index (χ0n) is 9.30. The molecule has 0 radical (unpaired) electrons. The van der Waals surface area contributed by atoms with Crippen molar-refractivity contribution in [2.45, 2.75) is 12.4 Å². The first-order chi connectivity index (χ1) is 8.43. The number of hydrogen-bond acceptors (Lipinski definition) is 1. The number of anilines is 1. The van der Waals surface area contributed by atoms with E-state index in [2.05, 4.69) is 0 Å². The third-order valence-electron chi connectivity index (χ3n) is 2.25. The van der Waals surface area contributed by atoms with Crippen LogP contribution in [0.1, 0.15) is 11.1 Å². The van der Waals surface area contributed by atoms with Crippen molar-refractivity contribution in [1.82, 2.24) is 0 Å². The van der Waals surface area contributed by atoms with Gasteiger partial charge in [-0.05, 0) is 18.2 Å². The normalized spacial score (nSPS) is 12.4. The van der Waals surface area contributed by atoms with Gasteiger partial charge in [-0.3, -0.25) is 4.90 Å². The number of carbonyl (C=O) groups is 1. The summed E-state index contributed by atoms with van der Waals surface area (Å²) in [5.41, 5.74) is -3.84. The number of nitrogens with zero attached hydrogens (tertiary/aromatic N) is 1. The molecule has 106 valence electrons. The van der Waals surface area contributed by atoms with Crippen LogP contribution >= 0.6 is 0 Å². The van der Waals surface area contributed by atoms with Crippen molar-refractivity contribution in [2.24, 2.45) is 0 Å². The molecule has 0 aliphatic heterocycles. The molecule has 0 aliphatic rings. The zero-order chi connectivity index (χ0) is 15.0. The third-order valence-corrected chi connectivity index (χ3v) is 2.25. The number of halogens is 6. The molecule has 0 atom stereocenters. The molecule has 0 aromatic heterocycles. The topological polar surface area (TPSA) is 40.5 Å². The van der Waals surface area contributed by atoms with E-state index < -0.39 is 35.3 Å². The fraction of sp³-hybridized carbons (Fsp3) is 0.300. The van der Waals surface area contributed by atoms with Crippen LogP contribution in [0.5, 0.6) is 0 Å². The van der Waals surface area contributed by atoms with Crippen LogP contribution in [0.4, 0.5) is 36.8 Å². The zero-order valence-corrected chi connectivity index (χ0v) is 9.30. The SMILES string of the molecule is CN(C(=O)O)c1cc(C(F)(F)F)cc(C(F)(F)F)c1. The molecule has 0 fully saturated rings. The molecule has 1 N–H and O–H groups in total. The van der Waals surface area contributed by atoms with Crippen molar-refractivity contribution in [3.8, 4) is 0 Å². The number of amides is 1. The molecule has 1 rings (SSSR count). The van der Waals surface area contributed by atoms with Crippen molar-refractivity contribution < 1.29 is 36.2 Å². The summed E-state index contributed by atoms with van der Waals surface area (Å²) in [5.74, 6) is 0. The van der Waals surface area contributed by atoms with Crippen LogP contribution in [-0.2, 0) is 12.4 Å². The predicted molar refractivity (Wildman–Crippen MR) is 52.9 cm³/mol. The molecule has 0 spiro atoms. The Morgan fingerprint density at radius 2 is 1.37 bits per heavy atom. The molecule has 1 aromatic carbocycles. The molecule has 1 aromatic rings. The number of benzene rings is 1. The average molecular weight is 287 g/mol. The van der Waals surface area contributed by atoms with Gasteiger partial charge >= 0.3 is 18.4 Å². The average Bonchev–Trinajstić information content (AvgIpc) is 2.24. The summed E-state index contributed by atoms with van der Waals surface area (Å²) in [6.07, 6.45) is -11.7. The second-order valence-corrected chi connectivity index (χ2v) is 3.61. The van der Waals surface area contributed by atoms with E-state index in [1.165, 1.54) is 0 Å².